The quantitative estimate of drug-likeness (QED) is 0.498. The van der Waals surface area contributed by atoms with Crippen LogP contribution >= 0.6 is 0 Å². The van der Waals surface area contributed by atoms with Gasteiger partial charge in [0.25, 0.3) is 0 Å². The number of methoxy groups -OCH3 is 1. The molecule has 2 nitrogen and oxygen atoms in total. The summed E-state index contributed by atoms with van der Waals surface area (Å²) in [5.74, 6) is 0.700. The first-order valence-electron chi connectivity index (χ1n) is 6.13. The summed E-state index contributed by atoms with van der Waals surface area (Å²) in [6, 6.07) is 0. The molecular weight excluding hydrogens is 188 g/mol. The van der Waals surface area contributed by atoms with Gasteiger partial charge in [-0.1, -0.05) is 46.5 Å². The number of carbonyl (C=O) groups excluding carboxylic acids is 1. The Balaban J connectivity index is 2.29. The van der Waals surface area contributed by atoms with Gasteiger partial charge in [-0.25, -0.2) is 0 Å². The molecule has 0 aromatic carbocycles. The summed E-state index contributed by atoms with van der Waals surface area (Å²) < 4.78 is 4.83. The lowest BCUT2D eigenvalue weighted by Crippen LogP contribution is -2.07. The van der Waals surface area contributed by atoms with Gasteiger partial charge in [0.1, 0.15) is 0 Å². The van der Waals surface area contributed by atoms with Gasteiger partial charge < -0.3 is 4.74 Å². The second kappa shape index (κ2) is 5.00. The molecule has 0 heterocycles. The summed E-state index contributed by atoms with van der Waals surface area (Å²) in [6.45, 7) is 6.58. The van der Waals surface area contributed by atoms with Crippen molar-refractivity contribution in [1.82, 2.24) is 0 Å². The summed E-state index contributed by atoms with van der Waals surface area (Å²) in [7, 11) is 1.49. The van der Waals surface area contributed by atoms with Crippen LogP contribution in [-0.2, 0) is 9.53 Å². The number of carbonyl (C=O) groups is 1. The minimum atomic E-state index is -0.0134. The molecule has 0 saturated heterocycles. The molecule has 0 aromatic heterocycles. The second-order valence-corrected chi connectivity index (χ2v) is 5.28. The Labute approximate surface area is 93.4 Å². The SMILES string of the molecule is CCCCCCC1C(C(=O)OC)C1(C)C. The van der Waals surface area contributed by atoms with Crippen LogP contribution in [0.3, 0.4) is 0 Å². The Morgan fingerprint density at radius 3 is 2.47 bits per heavy atom. The second-order valence-electron chi connectivity index (χ2n) is 5.28. The maximum absolute atomic E-state index is 11.5. The summed E-state index contributed by atoms with van der Waals surface area (Å²) >= 11 is 0. The topological polar surface area (TPSA) is 26.3 Å². The van der Waals surface area contributed by atoms with Gasteiger partial charge in [-0.3, -0.25) is 4.79 Å². The van der Waals surface area contributed by atoms with Crippen molar-refractivity contribution in [2.75, 3.05) is 7.11 Å². The zero-order valence-corrected chi connectivity index (χ0v) is 10.5. The van der Waals surface area contributed by atoms with Crippen LogP contribution in [0.4, 0.5) is 0 Å². The molecule has 2 heteroatoms. The third kappa shape index (κ3) is 2.73. The molecule has 1 aliphatic carbocycles. The molecule has 1 aliphatic rings. The number of hydrogen-bond acceptors (Lipinski definition) is 2. The van der Waals surface area contributed by atoms with Crippen molar-refractivity contribution in [2.45, 2.75) is 52.9 Å². The standard InChI is InChI=1S/C13H24O2/c1-5-6-7-8-9-10-11(12(14)15-4)13(10,2)3/h10-11H,5-9H2,1-4H3. The van der Waals surface area contributed by atoms with E-state index in [9.17, 15) is 4.79 Å². The highest BCUT2D eigenvalue weighted by Gasteiger charge is 2.61. The van der Waals surface area contributed by atoms with Gasteiger partial charge in [0.2, 0.25) is 0 Å². The maximum Gasteiger partial charge on any atom is 0.309 e. The van der Waals surface area contributed by atoms with E-state index in [0.717, 1.165) is 0 Å². The molecule has 0 N–H and O–H groups in total. The highest BCUT2D eigenvalue weighted by Crippen LogP contribution is 2.60. The lowest BCUT2D eigenvalue weighted by Gasteiger charge is -2.01. The molecule has 0 radical (unpaired) electrons. The number of rotatable bonds is 6. The predicted octanol–water partition coefficient (Wildman–Crippen LogP) is 3.40. The Morgan fingerprint density at radius 2 is 1.93 bits per heavy atom. The highest BCUT2D eigenvalue weighted by molar-refractivity contribution is 5.77. The summed E-state index contributed by atoms with van der Waals surface area (Å²) in [6.07, 6.45) is 6.34. The minimum Gasteiger partial charge on any atom is -0.469 e. The lowest BCUT2D eigenvalue weighted by molar-refractivity contribution is -0.143. The highest BCUT2D eigenvalue weighted by atomic mass is 16.5. The van der Waals surface area contributed by atoms with Crippen LogP contribution in [0.5, 0.6) is 0 Å². The van der Waals surface area contributed by atoms with Crippen LogP contribution in [0.2, 0.25) is 0 Å². The predicted molar refractivity (Wildman–Crippen MR) is 61.5 cm³/mol. The molecule has 1 saturated carbocycles. The van der Waals surface area contributed by atoms with Crippen molar-refractivity contribution < 1.29 is 9.53 Å². The van der Waals surface area contributed by atoms with E-state index < -0.39 is 0 Å². The van der Waals surface area contributed by atoms with Crippen molar-refractivity contribution in [3.8, 4) is 0 Å². The van der Waals surface area contributed by atoms with E-state index >= 15 is 0 Å². The van der Waals surface area contributed by atoms with E-state index in [1.54, 1.807) is 0 Å². The van der Waals surface area contributed by atoms with Gasteiger partial charge in [-0.05, 0) is 17.8 Å². The molecule has 0 aromatic rings. The van der Waals surface area contributed by atoms with Gasteiger partial charge >= 0.3 is 5.97 Å². The minimum absolute atomic E-state index is 0.0134. The molecule has 2 unspecified atom stereocenters. The average Bonchev–Trinajstić information content (AvgIpc) is 2.74. The average molecular weight is 212 g/mol. The summed E-state index contributed by atoms with van der Waals surface area (Å²) in [5, 5.41) is 0. The van der Waals surface area contributed by atoms with E-state index in [2.05, 4.69) is 20.8 Å². The molecular formula is C13H24O2. The Morgan fingerprint density at radius 1 is 1.27 bits per heavy atom. The molecule has 2 atom stereocenters. The van der Waals surface area contributed by atoms with Crippen molar-refractivity contribution in [3.05, 3.63) is 0 Å². The molecule has 0 spiro atoms. The fourth-order valence-corrected chi connectivity index (χ4v) is 2.67. The van der Waals surface area contributed by atoms with Crippen LogP contribution in [0.15, 0.2) is 0 Å². The van der Waals surface area contributed by atoms with Gasteiger partial charge in [0, 0.05) is 0 Å². The zero-order valence-electron chi connectivity index (χ0n) is 10.5. The van der Waals surface area contributed by atoms with Crippen LogP contribution in [-0.4, -0.2) is 13.1 Å². The summed E-state index contributed by atoms with van der Waals surface area (Å²) in [5.41, 5.74) is 0.180. The first kappa shape index (κ1) is 12.5. The Kier molecular flexibility index (Phi) is 4.18. The largest absolute Gasteiger partial charge is 0.469 e. The van der Waals surface area contributed by atoms with Gasteiger partial charge in [-0.2, -0.15) is 0 Å². The van der Waals surface area contributed by atoms with E-state index in [0.29, 0.717) is 5.92 Å². The van der Waals surface area contributed by atoms with Crippen LogP contribution in [0.25, 0.3) is 0 Å². The molecule has 1 fully saturated rings. The smallest absolute Gasteiger partial charge is 0.309 e. The normalized spacial score (nSPS) is 27.5. The van der Waals surface area contributed by atoms with Gasteiger partial charge in [0.05, 0.1) is 13.0 Å². The number of esters is 1. The fraction of sp³-hybridized carbons (Fsp3) is 0.923. The number of ether oxygens (including phenoxy) is 1. The van der Waals surface area contributed by atoms with Gasteiger partial charge in [0.15, 0.2) is 0 Å². The zero-order chi connectivity index (χ0) is 11.5. The third-order valence-corrected chi connectivity index (χ3v) is 3.87. The molecule has 0 bridgehead atoms. The summed E-state index contributed by atoms with van der Waals surface area (Å²) in [4.78, 5) is 11.5. The van der Waals surface area contributed by atoms with Crippen LogP contribution in [0.1, 0.15) is 52.9 Å². The van der Waals surface area contributed by atoms with Crippen molar-refractivity contribution in [3.63, 3.8) is 0 Å². The monoisotopic (exact) mass is 212 g/mol. The maximum atomic E-state index is 11.5. The molecule has 0 aliphatic heterocycles. The van der Waals surface area contributed by atoms with E-state index in [-0.39, 0.29) is 17.3 Å². The van der Waals surface area contributed by atoms with E-state index in [4.69, 9.17) is 4.74 Å². The van der Waals surface area contributed by atoms with Crippen molar-refractivity contribution >= 4 is 5.97 Å². The van der Waals surface area contributed by atoms with E-state index in [1.807, 2.05) is 0 Å². The van der Waals surface area contributed by atoms with Crippen LogP contribution in [0, 0.1) is 17.3 Å². The third-order valence-electron chi connectivity index (χ3n) is 3.87. The van der Waals surface area contributed by atoms with Crippen molar-refractivity contribution in [1.29, 1.82) is 0 Å². The molecule has 15 heavy (non-hydrogen) atoms. The number of hydrogen-bond donors (Lipinski definition) is 0. The van der Waals surface area contributed by atoms with Gasteiger partial charge in [-0.15, -0.1) is 0 Å². The van der Waals surface area contributed by atoms with Crippen molar-refractivity contribution in [2.24, 2.45) is 17.3 Å². The first-order chi connectivity index (χ1) is 7.05. The fourth-order valence-electron chi connectivity index (χ4n) is 2.67. The number of unbranched alkanes of at least 4 members (excludes halogenated alkanes) is 3. The molecule has 1 rings (SSSR count). The van der Waals surface area contributed by atoms with Crippen LogP contribution < -0.4 is 0 Å². The molecule has 88 valence electrons. The van der Waals surface area contributed by atoms with E-state index in [1.165, 1.54) is 39.2 Å². The lowest BCUT2D eigenvalue weighted by atomic mass is 10.0. The molecule has 0 amide bonds. The first-order valence-corrected chi connectivity index (χ1v) is 6.13. The Bertz CT molecular complexity index is 221. The Hall–Kier alpha value is -0.530.